The van der Waals surface area contributed by atoms with Crippen molar-refractivity contribution >= 4 is 5.69 Å². The molecule has 0 saturated carbocycles. The van der Waals surface area contributed by atoms with Gasteiger partial charge in [-0.3, -0.25) is 0 Å². The fraction of sp³-hybridized carbons (Fsp3) is 0.167. The predicted molar refractivity (Wildman–Crippen MR) is 56.5 cm³/mol. The lowest BCUT2D eigenvalue weighted by atomic mass is 10.1. The van der Waals surface area contributed by atoms with Crippen LogP contribution >= 0.6 is 0 Å². The van der Waals surface area contributed by atoms with Crippen LogP contribution in [0.4, 0.5) is 5.69 Å². The Morgan fingerprint density at radius 2 is 1.85 bits per heavy atom. The minimum Gasteiger partial charge on any atom is -0.356 e. The molecule has 1 N–H and O–H groups in total. The average molecular weight is 171 g/mol. The number of para-hydroxylation sites is 1. The van der Waals surface area contributed by atoms with Crippen molar-refractivity contribution in [1.82, 2.24) is 0 Å². The van der Waals surface area contributed by atoms with Gasteiger partial charge in [-0.05, 0) is 31.1 Å². The van der Waals surface area contributed by atoms with Crippen LogP contribution in [0.25, 0.3) is 0 Å². The maximum atomic E-state index is 3.36. The number of allylic oxidation sites excluding steroid dienone is 3. The molecule has 13 heavy (non-hydrogen) atoms. The Bertz CT molecular complexity index is 322. The van der Waals surface area contributed by atoms with Gasteiger partial charge in [-0.25, -0.2) is 0 Å². The second-order valence-electron chi connectivity index (χ2n) is 3.13. The lowest BCUT2D eigenvalue weighted by Crippen LogP contribution is -1.98. The third kappa shape index (κ3) is 2.22. The first kappa shape index (κ1) is 8.11. The Balaban J connectivity index is 2.06. The highest BCUT2D eigenvalue weighted by Gasteiger charge is 1.96. The molecule has 0 unspecified atom stereocenters. The largest absolute Gasteiger partial charge is 0.356 e. The first-order valence-corrected chi connectivity index (χ1v) is 4.64. The zero-order valence-electron chi connectivity index (χ0n) is 7.53. The summed E-state index contributed by atoms with van der Waals surface area (Å²) in [5.41, 5.74) is 2.36. The van der Waals surface area contributed by atoms with Gasteiger partial charge in [0.15, 0.2) is 0 Å². The monoisotopic (exact) mass is 171 g/mol. The van der Waals surface area contributed by atoms with Crippen LogP contribution in [0, 0.1) is 0 Å². The third-order valence-corrected chi connectivity index (χ3v) is 2.06. The predicted octanol–water partition coefficient (Wildman–Crippen LogP) is 3.33. The highest BCUT2D eigenvalue weighted by Crippen LogP contribution is 2.14. The minimum atomic E-state index is 1.14. The van der Waals surface area contributed by atoms with Crippen LogP contribution in [0.15, 0.2) is 54.3 Å². The zero-order chi connectivity index (χ0) is 8.93. The number of hydrogen-bond donors (Lipinski definition) is 1. The van der Waals surface area contributed by atoms with Gasteiger partial charge in [0.2, 0.25) is 0 Å². The van der Waals surface area contributed by atoms with Gasteiger partial charge in [0, 0.05) is 11.4 Å². The summed E-state index contributed by atoms with van der Waals surface area (Å²) in [6.07, 6.45) is 8.88. The van der Waals surface area contributed by atoms with Crippen molar-refractivity contribution in [3.63, 3.8) is 0 Å². The molecule has 1 aliphatic rings. The molecule has 0 aromatic heterocycles. The van der Waals surface area contributed by atoms with Gasteiger partial charge in [-0.1, -0.05) is 30.4 Å². The lowest BCUT2D eigenvalue weighted by molar-refractivity contribution is 1.02. The number of benzene rings is 1. The maximum absolute atomic E-state index is 3.36. The molecule has 0 heterocycles. The molecular weight excluding hydrogens is 158 g/mol. The molecule has 0 amide bonds. The summed E-state index contributed by atoms with van der Waals surface area (Å²) in [5.74, 6) is 0. The lowest BCUT2D eigenvalue weighted by Gasteiger charge is -2.09. The molecule has 1 heteroatoms. The number of anilines is 1. The summed E-state index contributed by atoms with van der Waals surface area (Å²) in [6.45, 7) is 0. The summed E-state index contributed by atoms with van der Waals surface area (Å²) in [7, 11) is 0. The van der Waals surface area contributed by atoms with Gasteiger partial charge in [-0.15, -0.1) is 0 Å². The Labute approximate surface area is 78.8 Å². The highest BCUT2D eigenvalue weighted by molar-refractivity contribution is 5.50. The van der Waals surface area contributed by atoms with Crippen LogP contribution in [0.2, 0.25) is 0 Å². The Kier molecular flexibility index (Phi) is 2.46. The Morgan fingerprint density at radius 3 is 2.54 bits per heavy atom. The van der Waals surface area contributed by atoms with E-state index in [0.717, 1.165) is 12.1 Å². The average Bonchev–Trinajstić information content (AvgIpc) is 2.21. The van der Waals surface area contributed by atoms with Crippen LogP contribution in [0.5, 0.6) is 0 Å². The van der Waals surface area contributed by atoms with Crippen LogP contribution in [0.3, 0.4) is 0 Å². The Hall–Kier alpha value is -1.50. The molecule has 0 saturated heterocycles. The van der Waals surface area contributed by atoms with E-state index >= 15 is 0 Å². The number of hydrogen-bond acceptors (Lipinski definition) is 1. The summed E-state index contributed by atoms with van der Waals surface area (Å²) in [5, 5.41) is 3.36. The van der Waals surface area contributed by atoms with E-state index in [2.05, 4.69) is 35.7 Å². The molecule has 0 spiro atoms. The van der Waals surface area contributed by atoms with Crippen molar-refractivity contribution in [1.29, 1.82) is 0 Å². The topological polar surface area (TPSA) is 12.0 Å². The normalized spacial score (nSPS) is 15.2. The molecule has 1 nitrogen and oxygen atoms in total. The fourth-order valence-electron chi connectivity index (χ4n) is 1.39. The summed E-state index contributed by atoms with van der Waals surface area (Å²) in [6, 6.07) is 10.2. The van der Waals surface area contributed by atoms with E-state index < -0.39 is 0 Å². The van der Waals surface area contributed by atoms with Crippen LogP contribution in [-0.4, -0.2) is 0 Å². The standard InChI is InChI=1S/C12H13N/c1-3-7-11(8-4-1)13-12-9-5-2-6-10-12/h1,3-5,7-10,13H,2,6H2. The molecule has 0 bridgehead atoms. The van der Waals surface area contributed by atoms with E-state index in [1.54, 1.807) is 0 Å². The molecule has 2 rings (SSSR count). The minimum absolute atomic E-state index is 1.14. The molecule has 66 valence electrons. The second-order valence-corrected chi connectivity index (χ2v) is 3.13. The SMILES string of the molecule is C1=CC(Nc2ccccc2)=CCC1. The van der Waals surface area contributed by atoms with E-state index in [1.807, 2.05) is 18.2 Å². The van der Waals surface area contributed by atoms with E-state index in [1.165, 1.54) is 12.1 Å². The van der Waals surface area contributed by atoms with Gasteiger partial charge >= 0.3 is 0 Å². The van der Waals surface area contributed by atoms with E-state index in [-0.39, 0.29) is 0 Å². The molecule has 1 aromatic carbocycles. The molecule has 1 aliphatic carbocycles. The maximum Gasteiger partial charge on any atom is 0.0384 e. The first-order chi connectivity index (χ1) is 6.45. The van der Waals surface area contributed by atoms with Gasteiger partial charge in [-0.2, -0.15) is 0 Å². The van der Waals surface area contributed by atoms with E-state index in [4.69, 9.17) is 0 Å². The molecule has 0 aliphatic heterocycles. The van der Waals surface area contributed by atoms with Crippen molar-refractivity contribution in [3.05, 3.63) is 54.3 Å². The van der Waals surface area contributed by atoms with E-state index in [0.29, 0.717) is 0 Å². The van der Waals surface area contributed by atoms with Crippen LogP contribution < -0.4 is 5.32 Å². The summed E-state index contributed by atoms with van der Waals surface area (Å²) < 4.78 is 0. The molecule has 0 fully saturated rings. The number of rotatable bonds is 2. The van der Waals surface area contributed by atoms with Crippen LogP contribution in [-0.2, 0) is 0 Å². The van der Waals surface area contributed by atoms with Gasteiger partial charge < -0.3 is 5.32 Å². The number of nitrogens with one attached hydrogen (secondary N) is 1. The van der Waals surface area contributed by atoms with Gasteiger partial charge in [0.05, 0.1) is 0 Å². The molecule has 0 radical (unpaired) electrons. The highest BCUT2D eigenvalue weighted by atomic mass is 14.9. The first-order valence-electron chi connectivity index (χ1n) is 4.64. The van der Waals surface area contributed by atoms with Crippen molar-refractivity contribution in [3.8, 4) is 0 Å². The second kappa shape index (κ2) is 3.94. The molecule has 1 aromatic rings. The summed E-state index contributed by atoms with van der Waals surface area (Å²) in [4.78, 5) is 0. The fourth-order valence-corrected chi connectivity index (χ4v) is 1.39. The quantitative estimate of drug-likeness (QED) is 0.719. The Morgan fingerprint density at radius 1 is 1.00 bits per heavy atom. The summed E-state index contributed by atoms with van der Waals surface area (Å²) >= 11 is 0. The van der Waals surface area contributed by atoms with Crippen molar-refractivity contribution in [2.24, 2.45) is 0 Å². The van der Waals surface area contributed by atoms with Gasteiger partial charge in [0.25, 0.3) is 0 Å². The third-order valence-electron chi connectivity index (χ3n) is 2.06. The smallest absolute Gasteiger partial charge is 0.0384 e. The zero-order valence-corrected chi connectivity index (χ0v) is 7.53. The molecule has 0 atom stereocenters. The molecular formula is C12H13N. The van der Waals surface area contributed by atoms with Crippen molar-refractivity contribution in [2.45, 2.75) is 12.8 Å². The van der Waals surface area contributed by atoms with Crippen molar-refractivity contribution in [2.75, 3.05) is 5.32 Å². The van der Waals surface area contributed by atoms with Crippen molar-refractivity contribution < 1.29 is 0 Å². The van der Waals surface area contributed by atoms with Crippen LogP contribution in [0.1, 0.15) is 12.8 Å². The van der Waals surface area contributed by atoms with E-state index in [9.17, 15) is 0 Å². The van der Waals surface area contributed by atoms with Gasteiger partial charge in [0.1, 0.15) is 0 Å².